The first-order valence-corrected chi connectivity index (χ1v) is 19.6. The van der Waals surface area contributed by atoms with Gasteiger partial charge in [-0.15, -0.1) is 0 Å². The molecule has 0 aliphatic rings. The molecule has 0 saturated carbocycles. The molecule has 0 atom stereocenters. The molecule has 5 aromatic carbocycles. The van der Waals surface area contributed by atoms with E-state index in [1.165, 1.54) is 22.3 Å². The van der Waals surface area contributed by atoms with Gasteiger partial charge in [0, 0.05) is 22.9 Å². The van der Waals surface area contributed by atoms with Crippen molar-refractivity contribution < 1.29 is 5.11 Å². The van der Waals surface area contributed by atoms with E-state index in [2.05, 4.69) is 184 Å². The lowest BCUT2D eigenvalue weighted by molar-refractivity contribution is 0.446. The van der Waals surface area contributed by atoms with Gasteiger partial charge in [-0.25, -0.2) is 4.98 Å². The molecular formula is C51H55N3O. The lowest BCUT2D eigenvalue weighted by Gasteiger charge is -2.28. The van der Waals surface area contributed by atoms with Crippen LogP contribution in [-0.2, 0) is 16.2 Å². The molecule has 7 aromatic rings. The topological polar surface area (TPSA) is 50.9 Å². The average molecular weight is 726 g/mol. The van der Waals surface area contributed by atoms with Crippen LogP contribution >= 0.6 is 0 Å². The molecular weight excluding hydrogens is 671 g/mol. The predicted octanol–water partition coefficient (Wildman–Crippen LogP) is 13.8. The summed E-state index contributed by atoms with van der Waals surface area (Å²) < 4.78 is 2.30. The summed E-state index contributed by atoms with van der Waals surface area (Å²) in [7, 11) is 0. The number of aromatic nitrogens is 3. The van der Waals surface area contributed by atoms with Gasteiger partial charge in [-0.2, -0.15) is 0 Å². The van der Waals surface area contributed by atoms with E-state index in [4.69, 9.17) is 9.97 Å². The van der Waals surface area contributed by atoms with Crippen molar-refractivity contribution in [3.05, 3.63) is 144 Å². The number of rotatable bonds is 6. The Hall–Kier alpha value is -5.48. The molecule has 0 unspecified atom stereocenters. The van der Waals surface area contributed by atoms with Gasteiger partial charge in [0.1, 0.15) is 11.6 Å². The van der Waals surface area contributed by atoms with E-state index in [0.29, 0.717) is 0 Å². The third-order valence-corrected chi connectivity index (χ3v) is 10.8. The summed E-state index contributed by atoms with van der Waals surface area (Å²) in [6, 6.07) is 41.1. The predicted molar refractivity (Wildman–Crippen MR) is 232 cm³/mol. The maximum atomic E-state index is 12.4. The molecule has 2 heterocycles. The second kappa shape index (κ2) is 14.0. The van der Waals surface area contributed by atoms with Crippen molar-refractivity contribution in [1.29, 1.82) is 0 Å². The van der Waals surface area contributed by atoms with E-state index >= 15 is 0 Å². The van der Waals surface area contributed by atoms with Crippen molar-refractivity contribution in [3.63, 3.8) is 0 Å². The summed E-state index contributed by atoms with van der Waals surface area (Å²) in [6.07, 6.45) is 1.85. The normalized spacial score (nSPS) is 12.5. The van der Waals surface area contributed by atoms with Crippen molar-refractivity contribution in [3.8, 4) is 56.3 Å². The number of aromatic hydroxyl groups is 1. The highest BCUT2D eigenvalue weighted by atomic mass is 16.3. The van der Waals surface area contributed by atoms with Crippen molar-refractivity contribution in [2.45, 2.75) is 98.3 Å². The smallest absolute Gasteiger partial charge is 0.149 e. The molecule has 1 N–H and O–H groups in total. The Kier molecular flexibility index (Phi) is 9.62. The van der Waals surface area contributed by atoms with Gasteiger partial charge in [-0.1, -0.05) is 143 Å². The number of hydrogen-bond donors (Lipinski definition) is 1. The summed E-state index contributed by atoms with van der Waals surface area (Å²) in [5.41, 5.74) is 14.1. The van der Waals surface area contributed by atoms with Crippen molar-refractivity contribution in [2.75, 3.05) is 0 Å². The zero-order valence-electron chi connectivity index (χ0n) is 34.4. The van der Waals surface area contributed by atoms with E-state index in [9.17, 15) is 5.11 Å². The number of benzene rings is 5. The molecule has 0 saturated heterocycles. The highest BCUT2D eigenvalue weighted by Crippen LogP contribution is 2.45. The van der Waals surface area contributed by atoms with Crippen LogP contribution in [0.2, 0.25) is 0 Å². The molecule has 2 aromatic heterocycles. The summed E-state index contributed by atoms with van der Waals surface area (Å²) in [4.78, 5) is 10.3. The minimum Gasteiger partial charge on any atom is -0.507 e. The number of phenolic OH excluding ortho intramolecular Hbond substituents is 1. The van der Waals surface area contributed by atoms with Gasteiger partial charge in [0.05, 0.1) is 28.0 Å². The monoisotopic (exact) mass is 725 g/mol. The first kappa shape index (κ1) is 37.8. The SMILES string of the molecule is CC(C)c1cc(-c2ccccc2)ccc1-n1c(-c2cc(C(C)(C)C)cc(C(C)(C)C)c2O)nc2c(-c3cc(-c4ccccn4)cc(C(C)(C)C)c3)cccc21. The lowest BCUT2D eigenvalue weighted by Crippen LogP contribution is -2.17. The van der Waals surface area contributed by atoms with Gasteiger partial charge in [-0.3, -0.25) is 9.55 Å². The Labute approximate surface area is 328 Å². The third-order valence-electron chi connectivity index (χ3n) is 10.8. The third kappa shape index (κ3) is 7.35. The van der Waals surface area contributed by atoms with Gasteiger partial charge >= 0.3 is 0 Å². The summed E-state index contributed by atoms with van der Waals surface area (Å²) in [6.45, 7) is 24.5. The van der Waals surface area contributed by atoms with Crippen molar-refractivity contribution in [2.24, 2.45) is 0 Å². The number of pyridine rings is 1. The summed E-state index contributed by atoms with van der Waals surface area (Å²) >= 11 is 0. The van der Waals surface area contributed by atoms with Crippen LogP contribution in [0.1, 0.15) is 104 Å². The van der Waals surface area contributed by atoms with Crippen LogP contribution in [0, 0.1) is 0 Å². The minimum atomic E-state index is -0.294. The van der Waals surface area contributed by atoms with Crippen LogP contribution in [-0.4, -0.2) is 19.6 Å². The molecule has 0 aliphatic carbocycles. The van der Waals surface area contributed by atoms with Crippen molar-refractivity contribution >= 4 is 11.0 Å². The maximum absolute atomic E-state index is 12.4. The molecule has 0 bridgehead atoms. The minimum absolute atomic E-state index is 0.0901. The lowest BCUT2D eigenvalue weighted by atomic mass is 9.79. The van der Waals surface area contributed by atoms with Crippen LogP contribution in [0.25, 0.3) is 61.6 Å². The van der Waals surface area contributed by atoms with E-state index in [1.807, 2.05) is 18.3 Å². The second-order valence-electron chi connectivity index (χ2n) is 18.4. The van der Waals surface area contributed by atoms with E-state index in [0.717, 1.165) is 61.6 Å². The van der Waals surface area contributed by atoms with Crippen LogP contribution in [0.5, 0.6) is 5.75 Å². The fourth-order valence-corrected chi connectivity index (χ4v) is 7.49. The average Bonchev–Trinajstić information content (AvgIpc) is 3.53. The molecule has 0 spiro atoms. The van der Waals surface area contributed by atoms with Crippen LogP contribution in [0.3, 0.4) is 0 Å². The standard InChI is InChI=1S/C51H55N3O/c1-32(2)40-29-34(33-18-13-12-14-19-33)23-24-44(40)54-45-22-17-20-39(35-26-36(43-21-15-16-25-52-43)28-37(27-35)49(3,4)5)46(45)53-48(54)41-30-38(50(6,7)8)31-42(47(41)55)51(9,10)11/h12-32,55H,1-11H3. The molecule has 280 valence electrons. The number of hydrogen-bond acceptors (Lipinski definition) is 3. The first-order valence-electron chi connectivity index (χ1n) is 19.6. The number of imidazole rings is 1. The van der Waals surface area contributed by atoms with Gasteiger partial charge in [0.2, 0.25) is 0 Å². The van der Waals surface area contributed by atoms with Crippen LogP contribution in [0.4, 0.5) is 0 Å². The summed E-state index contributed by atoms with van der Waals surface area (Å²) in [5.74, 6) is 1.22. The Morgan fingerprint density at radius 3 is 1.87 bits per heavy atom. The van der Waals surface area contributed by atoms with E-state index in [-0.39, 0.29) is 27.9 Å². The second-order valence-corrected chi connectivity index (χ2v) is 18.4. The molecule has 0 aliphatic heterocycles. The zero-order chi connectivity index (χ0) is 39.4. The molecule has 0 radical (unpaired) electrons. The maximum Gasteiger partial charge on any atom is 0.149 e. The van der Waals surface area contributed by atoms with Gasteiger partial charge in [-0.05, 0) is 104 Å². The van der Waals surface area contributed by atoms with Crippen LogP contribution in [0.15, 0.2) is 121 Å². The van der Waals surface area contributed by atoms with E-state index in [1.54, 1.807) is 0 Å². The first-order chi connectivity index (χ1) is 25.9. The van der Waals surface area contributed by atoms with Gasteiger partial charge < -0.3 is 5.11 Å². The highest BCUT2D eigenvalue weighted by Gasteiger charge is 2.29. The molecule has 0 fully saturated rings. The number of phenols is 1. The number of para-hydroxylation sites is 1. The quantitative estimate of drug-likeness (QED) is 0.186. The Balaban J connectivity index is 1.59. The molecule has 0 amide bonds. The zero-order valence-corrected chi connectivity index (χ0v) is 34.4. The highest BCUT2D eigenvalue weighted by molar-refractivity contribution is 5.97. The number of nitrogens with zero attached hydrogens (tertiary/aromatic N) is 3. The summed E-state index contributed by atoms with van der Waals surface area (Å²) in [5, 5.41) is 12.4. The van der Waals surface area contributed by atoms with E-state index < -0.39 is 0 Å². The van der Waals surface area contributed by atoms with Crippen molar-refractivity contribution in [1.82, 2.24) is 14.5 Å². The fourth-order valence-electron chi connectivity index (χ4n) is 7.49. The molecule has 7 rings (SSSR count). The number of fused-ring (bicyclic) bond motifs is 1. The molecule has 55 heavy (non-hydrogen) atoms. The van der Waals surface area contributed by atoms with Gasteiger partial charge in [0.15, 0.2) is 0 Å². The van der Waals surface area contributed by atoms with Crippen LogP contribution < -0.4 is 0 Å². The Morgan fingerprint density at radius 1 is 0.564 bits per heavy atom. The molecule has 4 heteroatoms. The van der Waals surface area contributed by atoms with Gasteiger partial charge in [0.25, 0.3) is 0 Å². The largest absolute Gasteiger partial charge is 0.507 e. The molecule has 4 nitrogen and oxygen atoms in total. The fraction of sp³-hybridized carbons (Fsp3) is 0.294. The Morgan fingerprint density at radius 2 is 1.24 bits per heavy atom. The Bertz CT molecular complexity index is 2500.